The van der Waals surface area contributed by atoms with Gasteiger partial charge in [-0.15, -0.1) is 11.3 Å². The van der Waals surface area contributed by atoms with E-state index < -0.39 is 5.60 Å². The van der Waals surface area contributed by atoms with E-state index in [0.29, 0.717) is 6.54 Å². The van der Waals surface area contributed by atoms with Crippen LogP contribution in [-0.2, 0) is 7.05 Å². The topological polar surface area (TPSA) is 50.1 Å². The summed E-state index contributed by atoms with van der Waals surface area (Å²) in [5.41, 5.74) is -0.652. The molecule has 0 spiro atoms. The van der Waals surface area contributed by atoms with Crippen molar-refractivity contribution in [3.05, 3.63) is 40.6 Å². The summed E-state index contributed by atoms with van der Waals surface area (Å²) in [7, 11) is 2.00. The average Bonchev–Trinajstić information content (AvgIpc) is 3.12. The van der Waals surface area contributed by atoms with Crippen LogP contribution >= 0.6 is 11.3 Å². The minimum Gasteiger partial charge on any atom is -0.389 e. The fourth-order valence-electron chi connectivity index (χ4n) is 2.22. The number of nitrogens with zero attached hydrogens (tertiary/aromatic N) is 2. The maximum absolute atomic E-state index is 10.5. The molecule has 0 aromatic carbocycles. The Hall–Kier alpha value is -1.17. The van der Waals surface area contributed by atoms with E-state index in [9.17, 15) is 5.11 Å². The number of hydrogen-bond donors (Lipinski definition) is 2. The van der Waals surface area contributed by atoms with Gasteiger partial charge in [-0.2, -0.15) is 0 Å². The van der Waals surface area contributed by atoms with Crippen LogP contribution in [-0.4, -0.2) is 26.8 Å². The Labute approximate surface area is 124 Å². The van der Waals surface area contributed by atoms with Gasteiger partial charge in [0.15, 0.2) is 0 Å². The second-order valence-electron chi connectivity index (χ2n) is 5.16. The van der Waals surface area contributed by atoms with Crippen LogP contribution in [0.25, 0.3) is 0 Å². The summed E-state index contributed by atoms with van der Waals surface area (Å²) < 4.78 is 2.02. The van der Waals surface area contributed by atoms with Gasteiger partial charge in [-0.25, -0.2) is 4.98 Å². The van der Waals surface area contributed by atoms with Crippen molar-refractivity contribution in [2.45, 2.75) is 38.3 Å². The molecule has 0 bridgehead atoms. The zero-order chi connectivity index (χ0) is 14.6. The van der Waals surface area contributed by atoms with Crippen LogP contribution in [0.15, 0.2) is 29.9 Å². The number of aryl methyl sites for hydroxylation is 1. The maximum atomic E-state index is 10.5. The standard InChI is InChI=1S/C15H23N3OS/c1-4-15(19,5-2)11-17-13(12-7-6-10-20-12)14-16-8-9-18(14)3/h6-10,13,17,19H,4-5,11H2,1-3H3. The number of nitrogens with one attached hydrogen (secondary N) is 1. The first-order valence-electron chi connectivity index (χ1n) is 7.06. The molecule has 0 aliphatic rings. The quantitative estimate of drug-likeness (QED) is 0.825. The van der Waals surface area contributed by atoms with Crippen molar-refractivity contribution in [3.8, 4) is 0 Å². The Morgan fingerprint density at radius 1 is 1.45 bits per heavy atom. The zero-order valence-electron chi connectivity index (χ0n) is 12.3. The lowest BCUT2D eigenvalue weighted by Crippen LogP contribution is -2.41. The van der Waals surface area contributed by atoms with Crippen LogP contribution < -0.4 is 5.32 Å². The lowest BCUT2D eigenvalue weighted by molar-refractivity contribution is 0.0307. The predicted molar refractivity (Wildman–Crippen MR) is 82.9 cm³/mol. The fraction of sp³-hybridized carbons (Fsp3) is 0.533. The van der Waals surface area contributed by atoms with Gasteiger partial charge < -0.3 is 15.0 Å². The van der Waals surface area contributed by atoms with Crippen molar-refractivity contribution in [2.24, 2.45) is 7.05 Å². The summed E-state index contributed by atoms with van der Waals surface area (Å²) in [4.78, 5) is 5.67. The second-order valence-corrected chi connectivity index (χ2v) is 6.14. The van der Waals surface area contributed by atoms with Gasteiger partial charge in [0.2, 0.25) is 0 Å². The first-order valence-corrected chi connectivity index (χ1v) is 7.94. The van der Waals surface area contributed by atoms with Gasteiger partial charge in [-0.3, -0.25) is 0 Å². The maximum Gasteiger partial charge on any atom is 0.131 e. The molecule has 2 rings (SSSR count). The molecule has 0 radical (unpaired) electrons. The minimum atomic E-state index is -0.652. The molecule has 0 fully saturated rings. The molecule has 2 heterocycles. The largest absolute Gasteiger partial charge is 0.389 e. The van der Waals surface area contributed by atoms with Gasteiger partial charge in [0.05, 0.1) is 5.60 Å². The Bertz CT molecular complexity index is 517. The predicted octanol–water partition coefficient (Wildman–Crippen LogP) is 2.71. The van der Waals surface area contributed by atoms with E-state index in [1.165, 1.54) is 4.88 Å². The summed E-state index contributed by atoms with van der Waals surface area (Å²) in [5.74, 6) is 0.974. The summed E-state index contributed by atoms with van der Waals surface area (Å²) in [5, 5.41) is 16.0. The van der Waals surface area contributed by atoms with Gasteiger partial charge in [0.25, 0.3) is 0 Å². The Balaban J connectivity index is 2.19. The molecule has 0 amide bonds. The highest BCUT2D eigenvalue weighted by Gasteiger charge is 2.26. The number of imidazole rings is 1. The number of hydrogen-bond acceptors (Lipinski definition) is 4. The molecule has 0 aliphatic heterocycles. The van der Waals surface area contributed by atoms with E-state index in [0.717, 1.165) is 18.7 Å². The highest BCUT2D eigenvalue weighted by atomic mass is 32.1. The molecule has 2 aromatic heterocycles. The molecule has 1 unspecified atom stereocenters. The van der Waals surface area contributed by atoms with E-state index in [1.54, 1.807) is 11.3 Å². The van der Waals surface area contributed by atoms with Crippen LogP contribution in [0.3, 0.4) is 0 Å². The molecule has 4 nitrogen and oxygen atoms in total. The van der Waals surface area contributed by atoms with E-state index in [2.05, 4.69) is 21.7 Å². The van der Waals surface area contributed by atoms with Crippen molar-refractivity contribution in [1.29, 1.82) is 0 Å². The van der Waals surface area contributed by atoms with Crippen LogP contribution in [0, 0.1) is 0 Å². The SMILES string of the molecule is CCC(O)(CC)CNC(c1cccs1)c1nccn1C. The number of thiophene rings is 1. The number of aliphatic hydroxyl groups is 1. The summed E-state index contributed by atoms with van der Waals surface area (Å²) >= 11 is 1.71. The first-order chi connectivity index (χ1) is 9.59. The smallest absolute Gasteiger partial charge is 0.131 e. The Morgan fingerprint density at radius 3 is 2.70 bits per heavy atom. The molecular weight excluding hydrogens is 270 g/mol. The van der Waals surface area contributed by atoms with Gasteiger partial charge in [0.1, 0.15) is 11.9 Å². The highest BCUT2D eigenvalue weighted by molar-refractivity contribution is 7.10. The monoisotopic (exact) mass is 293 g/mol. The Kier molecular flexibility index (Phi) is 4.96. The van der Waals surface area contributed by atoms with Crippen molar-refractivity contribution >= 4 is 11.3 Å². The third-order valence-electron chi connectivity index (χ3n) is 3.90. The van der Waals surface area contributed by atoms with Crippen LogP contribution in [0.4, 0.5) is 0 Å². The Morgan fingerprint density at radius 2 is 2.20 bits per heavy atom. The van der Waals surface area contributed by atoms with Crippen molar-refractivity contribution in [1.82, 2.24) is 14.9 Å². The molecule has 20 heavy (non-hydrogen) atoms. The molecule has 1 atom stereocenters. The van der Waals surface area contributed by atoms with Gasteiger partial charge >= 0.3 is 0 Å². The molecule has 0 saturated carbocycles. The zero-order valence-corrected chi connectivity index (χ0v) is 13.2. The summed E-state index contributed by atoms with van der Waals surface area (Å²) in [6, 6.07) is 4.18. The van der Waals surface area contributed by atoms with Gasteiger partial charge in [-0.1, -0.05) is 19.9 Å². The molecule has 5 heteroatoms. The number of rotatable bonds is 7. The lowest BCUT2D eigenvalue weighted by Gasteiger charge is -2.28. The van der Waals surface area contributed by atoms with Crippen LogP contribution in [0.5, 0.6) is 0 Å². The minimum absolute atomic E-state index is 0.0274. The van der Waals surface area contributed by atoms with Crippen molar-refractivity contribution < 1.29 is 5.11 Å². The highest BCUT2D eigenvalue weighted by Crippen LogP contribution is 2.26. The average molecular weight is 293 g/mol. The van der Waals surface area contributed by atoms with Crippen LogP contribution in [0.1, 0.15) is 43.4 Å². The van der Waals surface area contributed by atoms with E-state index in [1.807, 2.05) is 43.9 Å². The van der Waals surface area contributed by atoms with E-state index in [-0.39, 0.29) is 6.04 Å². The molecule has 0 aliphatic carbocycles. The number of aromatic nitrogens is 2. The second kappa shape index (κ2) is 6.52. The summed E-state index contributed by atoms with van der Waals surface area (Å²) in [6.45, 7) is 4.60. The first kappa shape index (κ1) is 15.2. The molecule has 2 aromatic rings. The summed E-state index contributed by atoms with van der Waals surface area (Å²) in [6.07, 6.45) is 5.25. The van der Waals surface area contributed by atoms with Crippen molar-refractivity contribution in [2.75, 3.05) is 6.54 Å². The molecule has 2 N–H and O–H groups in total. The lowest BCUT2D eigenvalue weighted by atomic mass is 9.97. The molecular formula is C15H23N3OS. The molecule has 110 valence electrons. The third kappa shape index (κ3) is 3.29. The van der Waals surface area contributed by atoms with Gasteiger partial charge in [-0.05, 0) is 24.3 Å². The third-order valence-corrected chi connectivity index (χ3v) is 4.83. The van der Waals surface area contributed by atoms with Crippen molar-refractivity contribution in [3.63, 3.8) is 0 Å². The van der Waals surface area contributed by atoms with E-state index in [4.69, 9.17) is 0 Å². The fourth-order valence-corrected chi connectivity index (χ4v) is 3.02. The van der Waals surface area contributed by atoms with Gasteiger partial charge in [0, 0.05) is 30.9 Å². The molecule has 0 saturated heterocycles. The van der Waals surface area contributed by atoms with Crippen LogP contribution in [0.2, 0.25) is 0 Å². The van der Waals surface area contributed by atoms with E-state index >= 15 is 0 Å². The normalized spacial score (nSPS) is 13.6.